The van der Waals surface area contributed by atoms with E-state index in [4.69, 9.17) is 4.74 Å². The van der Waals surface area contributed by atoms with Crippen LogP contribution in [0.15, 0.2) is 18.3 Å². The van der Waals surface area contributed by atoms with E-state index in [-0.39, 0.29) is 5.60 Å². The van der Waals surface area contributed by atoms with Gasteiger partial charge >= 0.3 is 0 Å². The Kier molecular flexibility index (Phi) is 3.47. The zero-order valence-corrected chi connectivity index (χ0v) is 9.29. The van der Waals surface area contributed by atoms with Gasteiger partial charge < -0.3 is 10.1 Å². The Bertz CT molecular complexity index is 274. The molecule has 1 N–H and O–H groups in total. The minimum Gasteiger partial charge on any atom is -0.472 e. The van der Waals surface area contributed by atoms with Crippen LogP contribution in [0.2, 0.25) is 0 Å². The van der Waals surface area contributed by atoms with E-state index >= 15 is 0 Å². The summed E-state index contributed by atoms with van der Waals surface area (Å²) in [6.07, 6.45) is 1.83. The first-order valence-corrected chi connectivity index (χ1v) is 4.80. The van der Waals surface area contributed by atoms with Crippen molar-refractivity contribution in [1.29, 1.82) is 0 Å². The summed E-state index contributed by atoms with van der Waals surface area (Å²) in [5, 5.41) is 3.07. The smallest absolute Gasteiger partial charge is 0.213 e. The molecule has 3 nitrogen and oxygen atoms in total. The molecule has 0 aliphatic rings. The van der Waals surface area contributed by atoms with Crippen molar-refractivity contribution in [2.75, 3.05) is 7.05 Å². The number of aromatic nitrogens is 1. The molecule has 0 saturated carbocycles. The highest BCUT2D eigenvalue weighted by Gasteiger charge is 2.11. The average molecular weight is 194 g/mol. The van der Waals surface area contributed by atoms with Crippen LogP contribution in [0.1, 0.15) is 26.3 Å². The molecule has 0 aromatic carbocycles. The Balaban J connectivity index is 2.64. The van der Waals surface area contributed by atoms with Gasteiger partial charge in [-0.3, -0.25) is 0 Å². The van der Waals surface area contributed by atoms with Gasteiger partial charge in [-0.1, -0.05) is 6.07 Å². The summed E-state index contributed by atoms with van der Waals surface area (Å²) >= 11 is 0. The zero-order valence-electron chi connectivity index (χ0n) is 9.29. The highest BCUT2D eigenvalue weighted by Crippen LogP contribution is 2.14. The molecule has 1 heterocycles. The maximum atomic E-state index is 5.60. The van der Waals surface area contributed by atoms with Gasteiger partial charge in [0.25, 0.3) is 0 Å². The maximum Gasteiger partial charge on any atom is 0.213 e. The van der Waals surface area contributed by atoms with Crippen LogP contribution in [-0.2, 0) is 6.54 Å². The predicted molar refractivity (Wildman–Crippen MR) is 57.4 cm³/mol. The molecule has 1 rings (SSSR count). The molecule has 1 aromatic rings. The molecule has 1 aromatic heterocycles. The van der Waals surface area contributed by atoms with E-state index in [1.54, 1.807) is 0 Å². The van der Waals surface area contributed by atoms with Crippen molar-refractivity contribution in [2.24, 2.45) is 0 Å². The van der Waals surface area contributed by atoms with Crippen LogP contribution in [0, 0.1) is 0 Å². The van der Waals surface area contributed by atoms with Gasteiger partial charge in [0.2, 0.25) is 5.88 Å². The van der Waals surface area contributed by atoms with Crippen LogP contribution in [0.5, 0.6) is 5.88 Å². The lowest BCUT2D eigenvalue weighted by atomic mass is 10.2. The standard InChI is InChI=1S/C11H18N2O/c1-11(2,3)14-10-6-5-9(7-12-4)8-13-10/h5-6,8,12H,7H2,1-4H3. The molecule has 78 valence electrons. The van der Waals surface area contributed by atoms with Crippen molar-refractivity contribution in [3.8, 4) is 5.88 Å². The van der Waals surface area contributed by atoms with Crippen LogP contribution in [0.3, 0.4) is 0 Å². The lowest BCUT2D eigenvalue weighted by molar-refractivity contribution is 0.124. The number of pyridine rings is 1. The first kappa shape index (κ1) is 11.0. The minimum atomic E-state index is -0.183. The number of ether oxygens (including phenoxy) is 1. The number of nitrogens with zero attached hydrogens (tertiary/aromatic N) is 1. The molecule has 0 spiro atoms. The zero-order chi connectivity index (χ0) is 10.6. The molecule has 0 fully saturated rings. The number of hydrogen-bond acceptors (Lipinski definition) is 3. The number of nitrogens with one attached hydrogen (secondary N) is 1. The fourth-order valence-corrected chi connectivity index (χ4v) is 1.09. The van der Waals surface area contributed by atoms with Gasteiger partial charge in [0.05, 0.1) is 0 Å². The SMILES string of the molecule is CNCc1ccc(OC(C)(C)C)nc1. The average Bonchev–Trinajstić information content (AvgIpc) is 2.06. The van der Waals surface area contributed by atoms with Crippen LogP contribution in [0.25, 0.3) is 0 Å². The van der Waals surface area contributed by atoms with Crippen molar-refractivity contribution in [3.63, 3.8) is 0 Å². The van der Waals surface area contributed by atoms with Crippen LogP contribution >= 0.6 is 0 Å². The van der Waals surface area contributed by atoms with E-state index < -0.39 is 0 Å². The third-order valence-electron chi connectivity index (χ3n) is 1.59. The number of rotatable bonds is 3. The van der Waals surface area contributed by atoms with Crippen molar-refractivity contribution < 1.29 is 4.74 Å². The van der Waals surface area contributed by atoms with E-state index in [0.29, 0.717) is 5.88 Å². The molecule has 3 heteroatoms. The third kappa shape index (κ3) is 3.75. The molecular formula is C11H18N2O. The molecule has 0 atom stereocenters. The first-order chi connectivity index (χ1) is 6.51. The highest BCUT2D eigenvalue weighted by molar-refractivity contribution is 5.18. The molecule has 14 heavy (non-hydrogen) atoms. The van der Waals surface area contributed by atoms with E-state index in [2.05, 4.69) is 10.3 Å². The van der Waals surface area contributed by atoms with Crippen molar-refractivity contribution >= 4 is 0 Å². The molecule has 0 saturated heterocycles. The van der Waals surface area contributed by atoms with E-state index in [9.17, 15) is 0 Å². The lowest BCUT2D eigenvalue weighted by Gasteiger charge is -2.20. The summed E-state index contributed by atoms with van der Waals surface area (Å²) in [4.78, 5) is 4.22. The molecule has 0 aliphatic carbocycles. The van der Waals surface area contributed by atoms with Crippen molar-refractivity contribution in [3.05, 3.63) is 23.9 Å². The quantitative estimate of drug-likeness (QED) is 0.799. The molecule has 0 aliphatic heterocycles. The molecular weight excluding hydrogens is 176 g/mol. The van der Waals surface area contributed by atoms with E-state index in [1.807, 2.05) is 46.1 Å². The van der Waals surface area contributed by atoms with Gasteiger partial charge in [-0.2, -0.15) is 0 Å². The van der Waals surface area contributed by atoms with E-state index in [1.165, 1.54) is 0 Å². The fraction of sp³-hybridized carbons (Fsp3) is 0.545. The monoisotopic (exact) mass is 194 g/mol. The van der Waals surface area contributed by atoms with Gasteiger partial charge in [0.1, 0.15) is 5.60 Å². The summed E-state index contributed by atoms with van der Waals surface area (Å²) in [7, 11) is 1.92. The van der Waals surface area contributed by atoms with Gasteiger partial charge in [-0.05, 0) is 33.4 Å². The largest absolute Gasteiger partial charge is 0.472 e. The summed E-state index contributed by atoms with van der Waals surface area (Å²) in [5.74, 6) is 0.678. The lowest BCUT2D eigenvalue weighted by Crippen LogP contribution is -2.23. The van der Waals surface area contributed by atoms with Crippen LogP contribution < -0.4 is 10.1 Å². The Labute approximate surface area is 85.5 Å². The maximum absolute atomic E-state index is 5.60. The normalized spacial score (nSPS) is 11.4. The van der Waals surface area contributed by atoms with Gasteiger partial charge in [0, 0.05) is 18.8 Å². The van der Waals surface area contributed by atoms with Crippen molar-refractivity contribution in [2.45, 2.75) is 32.9 Å². The van der Waals surface area contributed by atoms with E-state index in [0.717, 1.165) is 12.1 Å². The Morgan fingerprint density at radius 1 is 1.36 bits per heavy atom. The fourth-order valence-electron chi connectivity index (χ4n) is 1.09. The molecule has 0 unspecified atom stereocenters. The molecule has 0 radical (unpaired) electrons. The summed E-state index contributed by atoms with van der Waals surface area (Å²) < 4.78 is 5.60. The second kappa shape index (κ2) is 4.42. The predicted octanol–water partition coefficient (Wildman–Crippen LogP) is 1.98. The summed E-state index contributed by atoms with van der Waals surface area (Å²) in [6, 6.07) is 3.92. The topological polar surface area (TPSA) is 34.1 Å². The van der Waals surface area contributed by atoms with Crippen molar-refractivity contribution in [1.82, 2.24) is 10.3 Å². The Morgan fingerprint density at radius 3 is 2.50 bits per heavy atom. The van der Waals surface area contributed by atoms with Gasteiger partial charge in [-0.25, -0.2) is 4.98 Å². The highest BCUT2D eigenvalue weighted by atomic mass is 16.5. The minimum absolute atomic E-state index is 0.183. The van der Waals surface area contributed by atoms with Crippen LogP contribution in [0.4, 0.5) is 0 Å². The van der Waals surface area contributed by atoms with Gasteiger partial charge in [-0.15, -0.1) is 0 Å². The second-order valence-corrected chi connectivity index (χ2v) is 4.25. The first-order valence-electron chi connectivity index (χ1n) is 4.80. The molecule has 0 amide bonds. The Morgan fingerprint density at radius 2 is 2.07 bits per heavy atom. The third-order valence-corrected chi connectivity index (χ3v) is 1.59. The van der Waals surface area contributed by atoms with Crippen LogP contribution in [-0.4, -0.2) is 17.6 Å². The van der Waals surface area contributed by atoms with Gasteiger partial charge in [0.15, 0.2) is 0 Å². The summed E-state index contributed by atoms with van der Waals surface area (Å²) in [5.41, 5.74) is 0.978. The number of hydrogen-bond donors (Lipinski definition) is 1. The second-order valence-electron chi connectivity index (χ2n) is 4.25. The molecule has 0 bridgehead atoms. The Hall–Kier alpha value is -1.09. The summed E-state index contributed by atoms with van der Waals surface area (Å²) in [6.45, 7) is 6.87.